The second kappa shape index (κ2) is 39.2. The molecular formula is C49H96O4. The summed E-state index contributed by atoms with van der Waals surface area (Å²) < 4.78 is 0. The van der Waals surface area contributed by atoms with Crippen LogP contribution in [0.3, 0.4) is 0 Å². The van der Waals surface area contributed by atoms with Gasteiger partial charge in [0.05, 0.1) is 5.41 Å². The van der Waals surface area contributed by atoms with E-state index in [2.05, 4.69) is 27.7 Å². The van der Waals surface area contributed by atoms with E-state index in [4.69, 9.17) is 5.11 Å². The smallest absolute Gasteiger partial charge is 0.309 e. The molecule has 53 heavy (non-hydrogen) atoms. The fourth-order valence-electron chi connectivity index (χ4n) is 8.42. The van der Waals surface area contributed by atoms with E-state index in [-0.39, 0.29) is 6.42 Å². The predicted molar refractivity (Wildman–Crippen MR) is 232 cm³/mol. The van der Waals surface area contributed by atoms with E-state index in [0.29, 0.717) is 6.42 Å². The van der Waals surface area contributed by atoms with Gasteiger partial charge in [-0.1, -0.05) is 252 Å². The van der Waals surface area contributed by atoms with Crippen molar-refractivity contribution in [2.24, 2.45) is 17.3 Å². The van der Waals surface area contributed by atoms with Gasteiger partial charge in [-0.25, -0.2) is 0 Å². The first-order chi connectivity index (χ1) is 25.7. The van der Waals surface area contributed by atoms with E-state index >= 15 is 0 Å². The highest BCUT2D eigenvalue weighted by atomic mass is 16.4. The van der Waals surface area contributed by atoms with Crippen LogP contribution in [0.1, 0.15) is 285 Å². The number of aliphatic carboxylic acids is 2. The molecular weight excluding hydrogens is 653 g/mol. The Morgan fingerprint density at radius 2 is 0.547 bits per heavy atom. The van der Waals surface area contributed by atoms with Crippen molar-refractivity contribution < 1.29 is 19.8 Å². The first-order valence-corrected chi connectivity index (χ1v) is 24.1. The van der Waals surface area contributed by atoms with Gasteiger partial charge in [0, 0.05) is 6.42 Å². The molecule has 0 aliphatic carbocycles. The molecule has 0 saturated carbocycles. The zero-order valence-corrected chi connectivity index (χ0v) is 36.6. The Morgan fingerprint density at radius 3 is 0.755 bits per heavy atom. The molecule has 4 nitrogen and oxygen atoms in total. The van der Waals surface area contributed by atoms with Crippen molar-refractivity contribution in [2.45, 2.75) is 285 Å². The van der Waals surface area contributed by atoms with Crippen LogP contribution < -0.4 is 0 Å². The van der Waals surface area contributed by atoms with Crippen molar-refractivity contribution in [3.63, 3.8) is 0 Å². The third-order valence-corrected chi connectivity index (χ3v) is 12.1. The van der Waals surface area contributed by atoms with Gasteiger partial charge in [-0.15, -0.1) is 0 Å². The number of carboxylic acids is 2. The largest absolute Gasteiger partial charge is 0.481 e. The fraction of sp³-hybridized carbons (Fsp3) is 0.959. The Morgan fingerprint density at radius 1 is 0.340 bits per heavy atom. The summed E-state index contributed by atoms with van der Waals surface area (Å²) in [6.07, 6.45) is 49.0. The summed E-state index contributed by atoms with van der Waals surface area (Å²) >= 11 is 0. The van der Waals surface area contributed by atoms with Gasteiger partial charge in [-0.2, -0.15) is 0 Å². The van der Waals surface area contributed by atoms with E-state index in [1.165, 1.54) is 180 Å². The summed E-state index contributed by atoms with van der Waals surface area (Å²) in [5.41, 5.74) is -0.588. The van der Waals surface area contributed by atoms with Gasteiger partial charge in [-0.05, 0) is 37.5 Å². The molecule has 316 valence electrons. The Labute approximate surface area is 332 Å². The summed E-state index contributed by atoms with van der Waals surface area (Å²) in [6.45, 7) is 9.31. The molecule has 0 aromatic rings. The van der Waals surface area contributed by atoms with Crippen LogP contribution in [0.15, 0.2) is 0 Å². The summed E-state index contributed by atoms with van der Waals surface area (Å²) in [5, 5.41) is 19.5. The molecule has 0 aliphatic heterocycles. The van der Waals surface area contributed by atoms with Crippen molar-refractivity contribution in [2.75, 3.05) is 0 Å². The molecule has 0 amide bonds. The SMILES string of the molecule is CC(C)CCCCCCCCCCCCCCCCCC(CCCCCCCCCCCCCCCCCC(C)C)(CCCCCCC(=O)O)C(=O)O. The van der Waals surface area contributed by atoms with Crippen LogP contribution in [0.5, 0.6) is 0 Å². The first kappa shape index (κ1) is 51.9. The van der Waals surface area contributed by atoms with Gasteiger partial charge in [0.25, 0.3) is 0 Å². The lowest BCUT2D eigenvalue weighted by Crippen LogP contribution is -2.31. The first-order valence-electron chi connectivity index (χ1n) is 24.1. The zero-order chi connectivity index (χ0) is 39.1. The maximum Gasteiger partial charge on any atom is 0.309 e. The number of carboxylic acid groups (broad SMARTS) is 2. The lowest BCUT2D eigenvalue weighted by Gasteiger charge is -2.30. The standard InChI is InChI=1S/C49H96O4/c1-45(2)39-33-27-23-19-15-11-7-5-9-13-17-21-25-30-36-42-49(48(52)53,44-38-32-29-35-41-47(50)51)43-37-31-26-22-18-14-10-6-8-12-16-20-24-28-34-40-46(3)4/h45-46H,5-44H2,1-4H3,(H,50,51)(H,52,53). The van der Waals surface area contributed by atoms with Crippen LogP contribution in [0.25, 0.3) is 0 Å². The number of hydrogen-bond donors (Lipinski definition) is 2. The molecule has 0 atom stereocenters. The average Bonchev–Trinajstić information content (AvgIpc) is 3.11. The molecule has 0 bridgehead atoms. The number of unbranched alkanes of at least 4 members (excludes halogenated alkanes) is 31. The molecule has 0 unspecified atom stereocenters. The van der Waals surface area contributed by atoms with E-state index < -0.39 is 17.4 Å². The van der Waals surface area contributed by atoms with E-state index in [9.17, 15) is 14.7 Å². The Bertz CT molecular complexity index is 732. The fourth-order valence-corrected chi connectivity index (χ4v) is 8.42. The lowest BCUT2D eigenvalue weighted by molar-refractivity contribution is -0.150. The van der Waals surface area contributed by atoms with E-state index in [1.807, 2.05) is 0 Å². The van der Waals surface area contributed by atoms with Gasteiger partial charge >= 0.3 is 11.9 Å². The van der Waals surface area contributed by atoms with Crippen LogP contribution >= 0.6 is 0 Å². The van der Waals surface area contributed by atoms with Crippen molar-refractivity contribution in [1.29, 1.82) is 0 Å². The molecule has 0 spiro atoms. The number of hydrogen-bond acceptors (Lipinski definition) is 2. The second-order valence-corrected chi connectivity index (χ2v) is 18.4. The maximum absolute atomic E-state index is 12.8. The van der Waals surface area contributed by atoms with Gasteiger partial charge in [0.2, 0.25) is 0 Å². The summed E-state index contributed by atoms with van der Waals surface area (Å²) in [7, 11) is 0. The molecule has 0 radical (unpaired) electrons. The molecule has 4 heteroatoms. The van der Waals surface area contributed by atoms with Gasteiger partial charge < -0.3 is 10.2 Å². The van der Waals surface area contributed by atoms with Crippen molar-refractivity contribution in [1.82, 2.24) is 0 Å². The van der Waals surface area contributed by atoms with E-state index in [1.54, 1.807) is 0 Å². The lowest BCUT2D eigenvalue weighted by atomic mass is 9.74. The molecule has 0 aromatic heterocycles. The highest BCUT2D eigenvalue weighted by Gasteiger charge is 2.36. The van der Waals surface area contributed by atoms with Crippen LogP contribution in [0.4, 0.5) is 0 Å². The molecule has 0 fully saturated rings. The Kier molecular flexibility index (Phi) is 38.4. The molecule has 2 N–H and O–H groups in total. The Balaban J connectivity index is 4.15. The topological polar surface area (TPSA) is 74.6 Å². The maximum atomic E-state index is 12.8. The molecule has 0 rings (SSSR count). The van der Waals surface area contributed by atoms with Crippen LogP contribution in [-0.4, -0.2) is 22.2 Å². The van der Waals surface area contributed by atoms with Gasteiger partial charge in [0.15, 0.2) is 0 Å². The molecule has 0 saturated heterocycles. The van der Waals surface area contributed by atoms with Crippen LogP contribution in [0.2, 0.25) is 0 Å². The molecule has 0 aromatic carbocycles. The number of carbonyl (C=O) groups is 2. The monoisotopic (exact) mass is 749 g/mol. The van der Waals surface area contributed by atoms with Gasteiger partial charge in [-0.3, -0.25) is 9.59 Å². The van der Waals surface area contributed by atoms with Crippen molar-refractivity contribution >= 4 is 11.9 Å². The predicted octanol–water partition coefficient (Wildman–Crippen LogP) is 17.1. The van der Waals surface area contributed by atoms with Gasteiger partial charge in [0.1, 0.15) is 0 Å². The van der Waals surface area contributed by atoms with Crippen LogP contribution in [-0.2, 0) is 9.59 Å². The minimum absolute atomic E-state index is 0.224. The highest BCUT2D eigenvalue weighted by molar-refractivity contribution is 5.74. The molecule has 0 heterocycles. The third kappa shape index (κ3) is 37.6. The van der Waals surface area contributed by atoms with Crippen LogP contribution in [0, 0.1) is 17.3 Å². The summed E-state index contributed by atoms with van der Waals surface area (Å²) in [5.74, 6) is 0.399. The quantitative estimate of drug-likeness (QED) is 0.0609. The van der Waals surface area contributed by atoms with E-state index in [0.717, 1.165) is 76.0 Å². The molecule has 0 aliphatic rings. The third-order valence-electron chi connectivity index (χ3n) is 12.1. The number of rotatable bonds is 44. The summed E-state index contributed by atoms with van der Waals surface area (Å²) in [6, 6.07) is 0. The highest BCUT2D eigenvalue weighted by Crippen LogP contribution is 2.38. The Hall–Kier alpha value is -1.06. The average molecular weight is 749 g/mol. The zero-order valence-electron chi connectivity index (χ0n) is 36.6. The normalized spacial score (nSPS) is 12.0. The minimum Gasteiger partial charge on any atom is -0.481 e. The van der Waals surface area contributed by atoms with Crippen molar-refractivity contribution in [3.05, 3.63) is 0 Å². The van der Waals surface area contributed by atoms with Crippen molar-refractivity contribution in [3.8, 4) is 0 Å². The second-order valence-electron chi connectivity index (χ2n) is 18.4. The summed E-state index contributed by atoms with van der Waals surface area (Å²) in [4.78, 5) is 23.7. The minimum atomic E-state index is -0.730.